The lowest BCUT2D eigenvalue weighted by Crippen LogP contribution is -2.41. The van der Waals surface area contributed by atoms with Gasteiger partial charge in [-0.2, -0.15) is 5.10 Å². The Bertz CT molecular complexity index is 1800. The minimum absolute atomic E-state index is 0.141. The molecule has 202 valence electrons. The smallest absolute Gasteiger partial charge is 0.261 e. The van der Waals surface area contributed by atoms with Crippen LogP contribution in [0.1, 0.15) is 27.2 Å². The number of hydrogen-bond donors (Lipinski definition) is 1. The lowest BCUT2D eigenvalue weighted by atomic mass is 10.0. The fourth-order valence-electron chi connectivity index (χ4n) is 5.05. The molecular weight excluding hydrogens is 594 g/mol. The molecule has 0 bridgehead atoms. The van der Waals surface area contributed by atoms with Crippen molar-refractivity contribution in [3.63, 3.8) is 0 Å². The maximum atomic E-state index is 14.1. The number of methoxy groups -OCH3 is 1. The Balaban J connectivity index is 1.46. The zero-order valence-electron chi connectivity index (χ0n) is 21.6. The number of amides is 1. The van der Waals surface area contributed by atoms with E-state index in [1.807, 2.05) is 54.6 Å². The van der Waals surface area contributed by atoms with Gasteiger partial charge < -0.3 is 15.0 Å². The summed E-state index contributed by atoms with van der Waals surface area (Å²) in [6.45, 7) is 1.20. The second kappa shape index (κ2) is 10.8. The maximum absolute atomic E-state index is 14.1. The van der Waals surface area contributed by atoms with Crippen molar-refractivity contribution >= 4 is 44.8 Å². The summed E-state index contributed by atoms with van der Waals surface area (Å²) >= 11 is 9.64. The third-order valence-corrected chi connectivity index (χ3v) is 8.32. The van der Waals surface area contributed by atoms with Gasteiger partial charge in [0, 0.05) is 34.8 Å². The third-order valence-electron chi connectivity index (χ3n) is 7.08. The SMILES string of the molecule is COc1cccc(-n2c(=O)c3c(n4ncc(NCc5ccccc5)c24)CN(C(=O)c2ccc(Br)c(Cl)c2)CC3)c1. The molecule has 0 radical (unpaired) electrons. The predicted molar refractivity (Wildman–Crippen MR) is 159 cm³/mol. The van der Waals surface area contributed by atoms with Crippen LogP contribution in [-0.2, 0) is 19.5 Å². The van der Waals surface area contributed by atoms with Crippen molar-refractivity contribution in [2.75, 3.05) is 19.0 Å². The first kappa shape index (κ1) is 26.2. The Hall–Kier alpha value is -4.08. The molecule has 6 rings (SSSR count). The summed E-state index contributed by atoms with van der Waals surface area (Å²) in [6.07, 6.45) is 2.13. The molecule has 0 atom stereocenters. The summed E-state index contributed by atoms with van der Waals surface area (Å²) in [7, 11) is 1.60. The third kappa shape index (κ3) is 4.76. The van der Waals surface area contributed by atoms with Crippen molar-refractivity contribution in [3.8, 4) is 11.4 Å². The van der Waals surface area contributed by atoms with Crippen LogP contribution in [-0.4, -0.2) is 38.6 Å². The van der Waals surface area contributed by atoms with Crippen LogP contribution in [0.15, 0.2) is 88.3 Å². The first-order valence-electron chi connectivity index (χ1n) is 12.8. The normalized spacial score (nSPS) is 12.8. The molecule has 3 aromatic carbocycles. The molecule has 1 aliphatic heterocycles. The molecular formula is C30H25BrClN5O3. The Morgan fingerprint density at radius 1 is 1.10 bits per heavy atom. The number of aromatic nitrogens is 3. The van der Waals surface area contributed by atoms with E-state index >= 15 is 0 Å². The molecule has 5 aromatic rings. The van der Waals surface area contributed by atoms with Gasteiger partial charge in [0.05, 0.1) is 41.9 Å². The van der Waals surface area contributed by atoms with E-state index in [9.17, 15) is 9.59 Å². The van der Waals surface area contributed by atoms with Gasteiger partial charge in [-0.15, -0.1) is 0 Å². The summed E-state index contributed by atoms with van der Waals surface area (Å²) in [4.78, 5) is 29.3. The Labute approximate surface area is 243 Å². The average molecular weight is 619 g/mol. The number of benzene rings is 3. The monoisotopic (exact) mass is 617 g/mol. The van der Waals surface area contributed by atoms with E-state index in [0.29, 0.717) is 64.1 Å². The molecule has 0 saturated heterocycles. The van der Waals surface area contributed by atoms with E-state index in [1.54, 1.807) is 45.5 Å². The molecule has 2 aromatic heterocycles. The lowest BCUT2D eigenvalue weighted by molar-refractivity contribution is 0.0729. The largest absolute Gasteiger partial charge is 0.497 e. The number of anilines is 1. The van der Waals surface area contributed by atoms with Gasteiger partial charge in [-0.25, -0.2) is 4.52 Å². The molecule has 1 aliphatic rings. The van der Waals surface area contributed by atoms with Gasteiger partial charge in [0.1, 0.15) is 5.75 Å². The van der Waals surface area contributed by atoms with Crippen LogP contribution in [0.2, 0.25) is 5.02 Å². The van der Waals surface area contributed by atoms with Gasteiger partial charge >= 0.3 is 0 Å². The fraction of sp³-hybridized carbons (Fsp3) is 0.167. The highest BCUT2D eigenvalue weighted by molar-refractivity contribution is 9.10. The topological polar surface area (TPSA) is 80.9 Å². The summed E-state index contributed by atoms with van der Waals surface area (Å²) in [5.74, 6) is 0.489. The standard InChI is InChI=1S/C30H25BrClN5O3/c1-40-22-9-5-8-21(15-22)36-28-26(33-16-19-6-3-2-4-7-19)17-34-37(28)27-18-35(13-12-23(27)30(36)39)29(38)20-10-11-24(31)25(32)14-20/h2-11,14-15,17,33H,12-13,16,18H2,1H3. The highest BCUT2D eigenvalue weighted by Crippen LogP contribution is 2.28. The summed E-state index contributed by atoms with van der Waals surface area (Å²) < 4.78 is 9.62. The lowest BCUT2D eigenvalue weighted by Gasteiger charge is -2.29. The van der Waals surface area contributed by atoms with Crippen LogP contribution < -0.4 is 15.6 Å². The van der Waals surface area contributed by atoms with E-state index in [1.165, 1.54) is 0 Å². The van der Waals surface area contributed by atoms with Gasteiger partial charge in [-0.1, -0.05) is 48.0 Å². The fourth-order valence-corrected chi connectivity index (χ4v) is 5.48. The molecule has 10 heteroatoms. The van der Waals surface area contributed by atoms with Crippen molar-refractivity contribution in [1.82, 2.24) is 19.1 Å². The molecule has 0 fully saturated rings. The van der Waals surface area contributed by atoms with Crippen LogP contribution in [0.5, 0.6) is 5.75 Å². The summed E-state index contributed by atoms with van der Waals surface area (Å²) in [6, 6.07) is 22.6. The minimum atomic E-state index is -0.153. The van der Waals surface area contributed by atoms with Crippen LogP contribution in [0.4, 0.5) is 5.69 Å². The molecule has 0 unspecified atom stereocenters. The Morgan fingerprint density at radius 2 is 1.93 bits per heavy atom. The number of nitrogens with one attached hydrogen (secondary N) is 1. The van der Waals surface area contributed by atoms with Crippen molar-refractivity contribution < 1.29 is 9.53 Å². The molecule has 40 heavy (non-hydrogen) atoms. The van der Waals surface area contributed by atoms with Crippen molar-refractivity contribution in [2.45, 2.75) is 19.5 Å². The van der Waals surface area contributed by atoms with Gasteiger partial charge in [-0.05, 0) is 58.2 Å². The van der Waals surface area contributed by atoms with Crippen LogP contribution >= 0.6 is 27.5 Å². The number of carbonyl (C=O) groups is 1. The number of nitrogens with zero attached hydrogens (tertiary/aromatic N) is 4. The predicted octanol–water partition coefficient (Wildman–Crippen LogP) is 5.72. The van der Waals surface area contributed by atoms with E-state index in [2.05, 4.69) is 21.2 Å². The number of rotatable bonds is 6. The van der Waals surface area contributed by atoms with Crippen molar-refractivity contribution in [2.24, 2.45) is 0 Å². The molecule has 1 amide bonds. The maximum Gasteiger partial charge on any atom is 0.261 e. The zero-order chi connectivity index (χ0) is 27.8. The molecule has 0 saturated carbocycles. The summed E-state index contributed by atoms with van der Waals surface area (Å²) in [5.41, 5.74) is 4.73. The molecule has 8 nitrogen and oxygen atoms in total. The molecule has 0 spiro atoms. The second-order valence-corrected chi connectivity index (χ2v) is 10.8. The molecule has 3 heterocycles. The minimum Gasteiger partial charge on any atom is -0.497 e. The van der Waals surface area contributed by atoms with Crippen LogP contribution in [0.25, 0.3) is 11.3 Å². The first-order chi connectivity index (χ1) is 19.4. The van der Waals surface area contributed by atoms with E-state index < -0.39 is 0 Å². The average Bonchev–Trinajstić information content (AvgIpc) is 3.41. The van der Waals surface area contributed by atoms with Gasteiger partial charge in [-0.3, -0.25) is 14.2 Å². The number of hydrogen-bond acceptors (Lipinski definition) is 5. The zero-order valence-corrected chi connectivity index (χ0v) is 23.9. The molecule has 0 aliphatic carbocycles. The highest BCUT2D eigenvalue weighted by Gasteiger charge is 2.29. The number of ether oxygens (including phenoxy) is 1. The number of carbonyl (C=O) groups excluding carboxylic acids is 1. The van der Waals surface area contributed by atoms with Gasteiger partial charge in [0.15, 0.2) is 5.65 Å². The van der Waals surface area contributed by atoms with E-state index in [-0.39, 0.29) is 18.0 Å². The second-order valence-electron chi connectivity index (χ2n) is 9.51. The van der Waals surface area contributed by atoms with Gasteiger partial charge in [0.2, 0.25) is 0 Å². The number of fused-ring (bicyclic) bond motifs is 3. The molecule has 1 N–H and O–H groups in total. The van der Waals surface area contributed by atoms with Crippen LogP contribution in [0, 0.1) is 0 Å². The van der Waals surface area contributed by atoms with Crippen LogP contribution in [0.3, 0.4) is 0 Å². The van der Waals surface area contributed by atoms with E-state index in [4.69, 9.17) is 21.4 Å². The van der Waals surface area contributed by atoms with E-state index in [0.717, 1.165) is 10.0 Å². The Kier molecular flexibility index (Phi) is 7.08. The van der Waals surface area contributed by atoms with Crippen molar-refractivity contribution in [3.05, 3.63) is 121 Å². The highest BCUT2D eigenvalue weighted by atomic mass is 79.9. The number of halogens is 2. The summed E-state index contributed by atoms with van der Waals surface area (Å²) in [5, 5.41) is 8.62. The van der Waals surface area contributed by atoms with Crippen molar-refractivity contribution in [1.29, 1.82) is 0 Å². The first-order valence-corrected chi connectivity index (χ1v) is 13.9. The Morgan fingerprint density at radius 3 is 2.70 bits per heavy atom. The van der Waals surface area contributed by atoms with Gasteiger partial charge in [0.25, 0.3) is 11.5 Å². The quantitative estimate of drug-likeness (QED) is 0.263.